The second kappa shape index (κ2) is 18.5. The smallest absolute Gasteiger partial charge is 0.873 e. The monoisotopic (exact) mass is 316 g/mol. The molecule has 0 rings (SSSR count). The third kappa shape index (κ3) is 19.5. The van der Waals surface area contributed by atoms with Crippen molar-refractivity contribution in [1.29, 1.82) is 0 Å². The average Bonchev–Trinajstić information content (AvgIpc) is 2.45. The van der Waals surface area contributed by atoms with Crippen LogP contribution in [-0.2, 0) is 4.79 Å². The first-order valence-corrected chi connectivity index (χ1v) is 8.09. The Bertz CT molecular complexity index is 346. The second-order valence-corrected chi connectivity index (χ2v) is 5.24. The van der Waals surface area contributed by atoms with E-state index in [1.54, 1.807) is 18.2 Å². The molecule has 0 radical (unpaired) electrons. The normalized spacial score (nSPS) is 12.0. The fourth-order valence-corrected chi connectivity index (χ4v) is 1.91. The number of aliphatic carboxylic acids is 1. The van der Waals surface area contributed by atoms with Gasteiger partial charge >= 0.3 is 35.5 Å². The summed E-state index contributed by atoms with van der Waals surface area (Å²) < 4.78 is 0. The average molecular weight is 316 g/mol. The van der Waals surface area contributed by atoms with E-state index in [9.17, 15) is 9.90 Å². The standard InChI is InChI=1S/C18H30O3.Na/c1-2-3-4-5-8-11-14-17(19)15-12-9-6-7-10-13-16-18(20)21;/h5,8,11,14-15,19H,2-4,6-7,9-10,12-13,16H2,1H3,(H,20,21);/q;+1/p-1/b8-5+,14-11+,17-15-;. The van der Waals surface area contributed by atoms with Crippen molar-refractivity contribution in [2.24, 2.45) is 0 Å². The number of hydrogen-bond acceptors (Lipinski definition) is 2. The number of carbonyl (C=O) groups is 1. The van der Waals surface area contributed by atoms with E-state index < -0.39 is 5.97 Å². The van der Waals surface area contributed by atoms with Gasteiger partial charge in [-0.3, -0.25) is 4.79 Å². The molecule has 0 heterocycles. The first-order chi connectivity index (χ1) is 10.2. The molecule has 0 bridgehead atoms. The first kappa shape index (κ1) is 23.8. The first-order valence-electron chi connectivity index (χ1n) is 8.09. The molecule has 0 aromatic heterocycles. The minimum absolute atomic E-state index is 0. The molecule has 0 unspecified atom stereocenters. The van der Waals surface area contributed by atoms with Gasteiger partial charge in [0.05, 0.1) is 0 Å². The zero-order valence-electron chi connectivity index (χ0n) is 14.2. The molecule has 0 aromatic carbocycles. The van der Waals surface area contributed by atoms with Gasteiger partial charge in [0, 0.05) is 6.42 Å². The van der Waals surface area contributed by atoms with E-state index in [4.69, 9.17) is 5.11 Å². The van der Waals surface area contributed by atoms with Crippen molar-refractivity contribution in [2.75, 3.05) is 0 Å². The summed E-state index contributed by atoms with van der Waals surface area (Å²) in [6.07, 6.45) is 18.5. The van der Waals surface area contributed by atoms with Gasteiger partial charge in [0.25, 0.3) is 0 Å². The topological polar surface area (TPSA) is 60.4 Å². The van der Waals surface area contributed by atoms with Crippen molar-refractivity contribution in [1.82, 2.24) is 0 Å². The van der Waals surface area contributed by atoms with Crippen LogP contribution >= 0.6 is 0 Å². The van der Waals surface area contributed by atoms with Crippen molar-refractivity contribution < 1.29 is 44.6 Å². The molecule has 0 atom stereocenters. The van der Waals surface area contributed by atoms with Crippen molar-refractivity contribution >= 4 is 5.97 Å². The molecule has 0 saturated carbocycles. The van der Waals surface area contributed by atoms with Crippen molar-refractivity contribution in [3.05, 3.63) is 36.1 Å². The van der Waals surface area contributed by atoms with E-state index in [0.717, 1.165) is 44.9 Å². The minimum Gasteiger partial charge on any atom is -0.873 e. The summed E-state index contributed by atoms with van der Waals surface area (Å²) >= 11 is 0. The summed E-state index contributed by atoms with van der Waals surface area (Å²) in [5.74, 6) is -0.648. The molecule has 1 N–H and O–H groups in total. The molecule has 0 aliphatic rings. The number of rotatable bonds is 13. The van der Waals surface area contributed by atoms with E-state index in [1.165, 1.54) is 12.8 Å². The zero-order valence-corrected chi connectivity index (χ0v) is 16.2. The van der Waals surface area contributed by atoms with Crippen molar-refractivity contribution in [3.63, 3.8) is 0 Å². The molecule has 0 fully saturated rings. The Hall–Kier alpha value is -0.510. The number of unbranched alkanes of at least 4 members (excludes halogenated alkanes) is 7. The molecule has 0 saturated heterocycles. The third-order valence-electron chi connectivity index (χ3n) is 3.17. The maximum absolute atomic E-state index is 11.5. The molecule has 0 aliphatic heterocycles. The Morgan fingerprint density at radius 2 is 1.68 bits per heavy atom. The quantitative estimate of drug-likeness (QED) is 0.241. The van der Waals surface area contributed by atoms with Gasteiger partial charge in [-0.2, -0.15) is 0 Å². The van der Waals surface area contributed by atoms with E-state index in [0.29, 0.717) is 0 Å². The zero-order chi connectivity index (χ0) is 15.8. The van der Waals surface area contributed by atoms with Crippen LogP contribution in [0.15, 0.2) is 36.1 Å². The van der Waals surface area contributed by atoms with Crippen molar-refractivity contribution in [3.8, 4) is 0 Å². The number of allylic oxidation sites excluding steroid dienone is 5. The predicted molar refractivity (Wildman–Crippen MR) is 85.8 cm³/mol. The Labute approximate surface area is 157 Å². The van der Waals surface area contributed by atoms with E-state index in [-0.39, 0.29) is 41.7 Å². The minimum atomic E-state index is -0.718. The number of carboxylic acids is 1. The van der Waals surface area contributed by atoms with E-state index in [1.807, 2.05) is 6.08 Å². The fraction of sp³-hybridized carbons (Fsp3) is 0.611. The third-order valence-corrected chi connectivity index (χ3v) is 3.17. The number of hydrogen-bond donors (Lipinski definition) is 1. The molecule has 0 amide bonds. The largest absolute Gasteiger partial charge is 1.00 e. The molecule has 22 heavy (non-hydrogen) atoms. The Kier molecular flexibility index (Phi) is 20.0. The predicted octanol–water partition coefficient (Wildman–Crippen LogP) is 1.35. The molecule has 4 heteroatoms. The molecular weight excluding hydrogens is 287 g/mol. The van der Waals surface area contributed by atoms with Crippen LogP contribution < -0.4 is 34.7 Å². The van der Waals surface area contributed by atoms with Gasteiger partial charge in [0.15, 0.2) is 0 Å². The van der Waals surface area contributed by atoms with Gasteiger partial charge < -0.3 is 10.2 Å². The maximum atomic E-state index is 11.5. The summed E-state index contributed by atoms with van der Waals surface area (Å²) in [4.78, 5) is 10.3. The summed E-state index contributed by atoms with van der Waals surface area (Å²) in [6, 6.07) is 0. The molecule has 120 valence electrons. The molecule has 0 spiro atoms. The van der Waals surface area contributed by atoms with Crippen LogP contribution in [0.25, 0.3) is 0 Å². The molecule has 0 aliphatic carbocycles. The van der Waals surface area contributed by atoms with Gasteiger partial charge in [0.2, 0.25) is 0 Å². The van der Waals surface area contributed by atoms with Gasteiger partial charge in [0.1, 0.15) is 0 Å². The Balaban J connectivity index is 0. The summed E-state index contributed by atoms with van der Waals surface area (Å²) in [5, 5.41) is 20.0. The van der Waals surface area contributed by atoms with E-state index >= 15 is 0 Å². The molecule has 0 aromatic rings. The Morgan fingerprint density at radius 3 is 2.36 bits per heavy atom. The van der Waals surface area contributed by atoms with Gasteiger partial charge in [-0.15, -0.1) is 5.76 Å². The SMILES string of the molecule is CCCC/C=C/C=C/C([O-])=C/CCCCCCCC(=O)O.[Na+]. The summed E-state index contributed by atoms with van der Waals surface area (Å²) in [7, 11) is 0. The molecule has 3 nitrogen and oxygen atoms in total. The van der Waals surface area contributed by atoms with Gasteiger partial charge in [-0.25, -0.2) is 0 Å². The maximum Gasteiger partial charge on any atom is 1.00 e. The van der Waals surface area contributed by atoms with E-state index in [2.05, 4.69) is 13.0 Å². The van der Waals surface area contributed by atoms with Crippen LogP contribution in [-0.4, -0.2) is 11.1 Å². The summed E-state index contributed by atoms with van der Waals surface area (Å²) in [6.45, 7) is 2.16. The summed E-state index contributed by atoms with van der Waals surface area (Å²) in [5.41, 5.74) is 0. The van der Waals surface area contributed by atoms with Gasteiger partial charge in [-0.05, 0) is 25.7 Å². The second-order valence-electron chi connectivity index (χ2n) is 5.24. The van der Waals surface area contributed by atoms with Crippen LogP contribution in [0.2, 0.25) is 0 Å². The van der Waals surface area contributed by atoms with Crippen LogP contribution in [0.1, 0.15) is 71.1 Å². The van der Waals surface area contributed by atoms with Crippen molar-refractivity contribution in [2.45, 2.75) is 71.1 Å². The fourth-order valence-electron chi connectivity index (χ4n) is 1.91. The Morgan fingerprint density at radius 1 is 1.00 bits per heavy atom. The van der Waals surface area contributed by atoms with Crippen LogP contribution in [0.3, 0.4) is 0 Å². The van der Waals surface area contributed by atoms with Gasteiger partial charge in [-0.1, -0.05) is 69.4 Å². The van der Waals surface area contributed by atoms with Crippen LogP contribution in [0.5, 0.6) is 0 Å². The number of carboxylic acid groups (broad SMARTS) is 1. The van der Waals surface area contributed by atoms with Crippen LogP contribution in [0, 0.1) is 0 Å². The van der Waals surface area contributed by atoms with Crippen LogP contribution in [0.4, 0.5) is 0 Å². The molecular formula is C18H29NaO3.